The number of rotatable bonds is 5. The van der Waals surface area contributed by atoms with Crippen LogP contribution in [0.5, 0.6) is 0 Å². The Kier molecular flexibility index (Phi) is 4.58. The average molecular weight is 266 g/mol. The van der Waals surface area contributed by atoms with Gasteiger partial charge in [0.05, 0.1) is 18.8 Å². The van der Waals surface area contributed by atoms with Crippen LogP contribution in [-0.4, -0.2) is 24.2 Å². The lowest BCUT2D eigenvalue weighted by Crippen LogP contribution is -3.11. The van der Waals surface area contributed by atoms with E-state index in [2.05, 4.69) is 19.0 Å². The Balaban J connectivity index is 1.80. The normalized spacial score (nSPS) is 23.7. The minimum Gasteiger partial charge on any atom is -0.550 e. The van der Waals surface area contributed by atoms with Crippen molar-refractivity contribution in [1.82, 2.24) is 5.16 Å². The highest BCUT2D eigenvalue weighted by Crippen LogP contribution is 2.15. The molecule has 2 rings (SSSR count). The van der Waals surface area contributed by atoms with E-state index in [-0.39, 0.29) is 12.3 Å². The smallest absolute Gasteiger partial charge is 0.191 e. The minimum absolute atomic E-state index is 0.201. The topological polar surface area (TPSA) is 70.6 Å². The standard InChI is InChI=1S/C14H22N2O3/c1-10(2)13-8-12(19-15-13)9-16-5-3-11(4-6-16)7-14(17)18/h8,10-11H,3-7,9H2,1-2H3,(H,17,18). The summed E-state index contributed by atoms with van der Waals surface area (Å²) in [5.41, 5.74) is 1.00. The van der Waals surface area contributed by atoms with Crippen molar-refractivity contribution in [1.29, 1.82) is 0 Å². The first-order valence-electron chi connectivity index (χ1n) is 7.03. The zero-order valence-corrected chi connectivity index (χ0v) is 11.6. The molecule has 0 aromatic carbocycles. The Morgan fingerprint density at radius 3 is 2.74 bits per heavy atom. The molecule has 0 radical (unpaired) electrons. The van der Waals surface area contributed by atoms with Crippen LogP contribution in [0.4, 0.5) is 0 Å². The molecule has 1 aromatic rings. The zero-order chi connectivity index (χ0) is 13.8. The van der Waals surface area contributed by atoms with E-state index in [1.54, 1.807) is 0 Å². The Morgan fingerprint density at radius 1 is 1.53 bits per heavy atom. The summed E-state index contributed by atoms with van der Waals surface area (Å²) < 4.78 is 5.35. The van der Waals surface area contributed by atoms with Gasteiger partial charge in [-0.1, -0.05) is 19.0 Å². The number of hydrogen-bond donors (Lipinski definition) is 1. The number of carbonyl (C=O) groups is 1. The second-order valence-electron chi connectivity index (χ2n) is 5.82. The molecule has 5 heteroatoms. The Hall–Kier alpha value is -1.36. The number of likely N-dealkylation sites (tertiary alicyclic amines) is 1. The largest absolute Gasteiger partial charge is 0.550 e. The van der Waals surface area contributed by atoms with Gasteiger partial charge in [0.1, 0.15) is 6.54 Å². The van der Waals surface area contributed by atoms with E-state index < -0.39 is 5.97 Å². The van der Waals surface area contributed by atoms with Crippen molar-refractivity contribution in [2.75, 3.05) is 13.1 Å². The molecule has 1 saturated heterocycles. The van der Waals surface area contributed by atoms with Crippen LogP contribution in [0.2, 0.25) is 0 Å². The van der Waals surface area contributed by atoms with E-state index in [9.17, 15) is 9.90 Å². The van der Waals surface area contributed by atoms with Gasteiger partial charge in [-0.3, -0.25) is 0 Å². The molecule has 0 bridgehead atoms. The van der Waals surface area contributed by atoms with Crippen LogP contribution in [0, 0.1) is 5.92 Å². The van der Waals surface area contributed by atoms with Gasteiger partial charge in [0.25, 0.3) is 0 Å². The van der Waals surface area contributed by atoms with Crippen LogP contribution in [0.15, 0.2) is 10.6 Å². The second-order valence-corrected chi connectivity index (χ2v) is 5.82. The first-order chi connectivity index (χ1) is 9.04. The molecule has 1 fully saturated rings. The maximum Gasteiger partial charge on any atom is 0.191 e. The first kappa shape index (κ1) is 14.1. The summed E-state index contributed by atoms with van der Waals surface area (Å²) in [4.78, 5) is 12.0. The van der Waals surface area contributed by atoms with Gasteiger partial charge in [0.15, 0.2) is 5.76 Å². The molecule has 19 heavy (non-hydrogen) atoms. The number of nitrogens with one attached hydrogen (secondary N) is 1. The monoisotopic (exact) mass is 266 g/mol. The van der Waals surface area contributed by atoms with Crippen LogP contribution in [0.1, 0.15) is 50.5 Å². The molecule has 1 N–H and O–H groups in total. The molecule has 1 aromatic heterocycles. The third-order valence-corrected chi connectivity index (χ3v) is 3.86. The molecule has 2 heterocycles. The molecule has 5 nitrogen and oxygen atoms in total. The summed E-state index contributed by atoms with van der Waals surface area (Å²) in [6.45, 7) is 7.03. The van der Waals surface area contributed by atoms with E-state index in [1.807, 2.05) is 6.07 Å². The predicted molar refractivity (Wildman–Crippen MR) is 67.3 cm³/mol. The summed E-state index contributed by atoms with van der Waals surface area (Å²) in [5.74, 6) is 0.679. The fraction of sp³-hybridized carbons (Fsp3) is 0.714. The molecule has 0 atom stereocenters. The minimum atomic E-state index is -0.926. The van der Waals surface area contributed by atoms with Crippen LogP contribution in [0.3, 0.4) is 0 Å². The molecule has 106 valence electrons. The zero-order valence-electron chi connectivity index (χ0n) is 11.6. The lowest BCUT2D eigenvalue weighted by atomic mass is 9.93. The van der Waals surface area contributed by atoms with Gasteiger partial charge in [-0.25, -0.2) is 0 Å². The number of nitrogens with zero attached hydrogens (tertiary/aromatic N) is 1. The number of carboxylic acids is 1. The van der Waals surface area contributed by atoms with Crippen LogP contribution < -0.4 is 10.0 Å². The van der Waals surface area contributed by atoms with Crippen molar-refractivity contribution in [2.24, 2.45) is 5.92 Å². The van der Waals surface area contributed by atoms with Gasteiger partial charge < -0.3 is 19.3 Å². The van der Waals surface area contributed by atoms with Crippen molar-refractivity contribution in [3.63, 3.8) is 0 Å². The Labute approximate surface area is 113 Å². The summed E-state index contributed by atoms with van der Waals surface area (Å²) in [5, 5.41) is 14.6. The van der Waals surface area contributed by atoms with Gasteiger partial charge in [-0.2, -0.15) is 0 Å². The van der Waals surface area contributed by atoms with E-state index in [4.69, 9.17) is 4.52 Å². The van der Waals surface area contributed by atoms with Gasteiger partial charge in [0.2, 0.25) is 0 Å². The molecule has 0 spiro atoms. The average Bonchev–Trinajstić information content (AvgIpc) is 2.80. The van der Waals surface area contributed by atoms with Crippen molar-refractivity contribution >= 4 is 5.97 Å². The second kappa shape index (κ2) is 6.19. The maximum atomic E-state index is 10.6. The fourth-order valence-corrected chi connectivity index (χ4v) is 2.63. The summed E-state index contributed by atoms with van der Waals surface area (Å²) in [6.07, 6.45) is 2.11. The molecule has 0 aliphatic carbocycles. The summed E-state index contributed by atoms with van der Waals surface area (Å²) >= 11 is 0. The molecule has 1 aliphatic rings. The van der Waals surface area contributed by atoms with E-state index >= 15 is 0 Å². The number of aromatic nitrogens is 1. The highest BCUT2D eigenvalue weighted by Gasteiger charge is 2.23. The SMILES string of the molecule is CC(C)c1cc(C[NH+]2CCC(CC(=O)[O-])CC2)on1. The first-order valence-corrected chi connectivity index (χ1v) is 7.03. The van der Waals surface area contributed by atoms with E-state index in [0.717, 1.165) is 43.9 Å². The highest BCUT2D eigenvalue weighted by molar-refractivity contribution is 5.64. The third kappa shape index (κ3) is 4.06. The van der Waals surface area contributed by atoms with E-state index in [1.165, 1.54) is 4.90 Å². The number of carboxylic acid groups (broad SMARTS) is 1. The van der Waals surface area contributed by atoms with Crippen LogP contribution >= 0.6 is 0 Å². The molecular weight excluding hydrogens is 244 g/mol. The molecule has 0 unspecified atom stereocenters. The van der Waals surface area contributed by atoms with Crippen molar-refractivity contribution in [2.45, 2.75) is 45.6 Å². The van der Waals surface area contributed by atoms with Crippen molar-refractivity contribution < 1.29 is 19.3 Å². The maximum absolute atomic E-state index is 10.6. The van der Waals surface area contributed by atoms with Crippen LogP contribution in [-0.2, 0) is 11.3 Å². The predicted octanol–water partition coefficient (Wildman–Crippen LogP) is -0.267. The van der Waals surface area contributed by atoms with Crippen molar-refractivity contribution in [3.8, 4) is 0 Å². The number of quaternary nitrogens is 1. The fourth-order valence-electron chi connectivity index (χ4n) is 2.63. The van der Waals surface area contributed by atoms with Gasteiger partial charge >= 0.3 is 0 Å². The number of aliphatic carboxylic acids is 1. The third-order valence-electron chi connectivity index (χ3n) is 3.86. The number of hydrogen-bond acceptors (Lipinski definition) is 4. The molecule has 0 saturated carbocycles. The van der Waals surface area contributed by atoms with E-state index in [0.29, 0.717) is 5.92 Å². The lowest BCUT2D eigenvalue weighted by Gasteiger charge is -2.28. The molecule has 1 aliphatic heterocycles. The van der Waals surface area contributed by atoms with Crippen LogP contribution in [0.25, 0.3) is 0 Å². The van der Waals surface area contributed by atoms with Gasteiger partial charge in [0, 0.05) is 12.0 Å². The summed E-state index contributed by atoms with van der Waals surface area (Å²) in [6, 6.07) is 2.03. The Bertz CT molecular complexity index is 420. The molecule has 0 amide bonds. The molecular formula is C14H22N2O3. The lowest BCUT2D eigenvalue weighted by molar-refractivity contribution is -0.920. The van der Waals surface area contributed by atoms with Crippen molar-refractivity contribution in [3.05, 3.63) is 17.5 Å². The number of piperidine rings is 1. The summed E-state index contributed by atoms with van der Waals surface area (Å²) in [7, 11) is 0. The Morgan fingerprint density at radius 2 is 2.21 bits per heavy atom. The number of carbonyl (C=O) groups excluding carboxylic acids is 1. The van der Waals surface area contributed by atoms with Gasteiger partial charge in [-0.15, -0.1) is 0 Å². The van der Waals surface area contributed by atoms with Gasteiger partial charge in [-0.05, 0) is 31.1 Å². The quantitative estimate of drug-likeness (QED) is 0.796. The highest BCUT2D eigenvalue weighted by atomic mass is 16.5.